The molecule has 1 aliphatic carbocycles. The van der Waals surface area contributed by atoms with Crippen LogP contribution in [0.2, 0.25) is 0 Å². The van der Waals surface area contributed by atoms with E-state index < -0.39 is 0 Å². The first-order valence-corrected chi connectivity index (χ1v) is 8.67. The predicted octanol–water partition coefficient (Wildman–Crippen LogP) is 3.40. The van der Waals surface area contributed by atoms with Gasteiger partial charge in [-0.05, 0) is 57.4 Å². The molecule has 0 spiro atoms. The van der Waals surface area contributed by atoms with Gasteiger partial charge in [-0.3, -0.25) is 4.79 Å². The monoisotopic (exact) mass is 312 g/mol. The fourth-order valence-corrected chi connectivity index (χ4v) is 4.26. The molecule has 0 bridgehead atoms. The number of aromatic amines is 1. The molecule has 0 amide bonds. The molecule has 1 aromatic carbocycles. The van der Waals surface area contributed by atoms with Crippen LogP contribution < -0.4 is 5.32 Å². The highest BCUT2D eigenvalue weighted by molar-refractivity contribution is 5.87. The number of H-pyrrole nitrogens is 1. The highest BCUT2D eigenvalue weighted by atomic mass is 16.5. The number of nitrogens with one attached hydrogen (secondary N) is 2. The van der Waals surface area contributed by atoms with E-state index in [9.17, 15) is 4.79 Å². The zero-order valence-corrected chi connectivity index (χ0v) is 13.9. The van der Waals surface area contributed by atoms with Crippen LogP contribution in [0.1, 0.15) is 49.0 Å². The van der Waals surface area contributed by atoms with Gasteiger partial charge in [0.05, 0.1) is 18.1 Å². The fourth-order valence-electron chi connectivity index (χ4n) is 4.26. The van der Waals surface area contributed by atoms with Crippen molar-refractivity contribution < 1.29 is 9.53 Å². The van der Waals surface area contributed by atoms with Gasteiger partial charge in [-0.25, -0.2) is 0 Å². The van der Waals surface area contributed by atoms with Crippen LogP contribution in [0, 0.1) is 12.3 Å². The average molecular weight is 312 g/mol. The fraction of sp³-hybridized carbons (Fsp3) is 0.526. The minimum absolute atomic E-state index is 0.0357. The summed E-state index contributed by atoms with van der Waals surface area (Å²) < 4.78 is 5.42. The van der Waals surface area contributed by atoms with E-state index in [0.717, 1.165) is 32.2 Å². The number of hydrogen-bond acceptors (Lipinski definition) is 3. The maximum atomic E-state index is 12.6. The van der Waals surface area contributed by atoms with Crippen LogP contribution in [0.3, 0.4) is 0 Å². The molecule has 1 aliphatic heterocycles. The lowest BCUT2D eigenvalue weighted by atomic mass is 9.62. The molecule has 122 valence electrons. The van der Waals surface area contributed by atoms with Crippen molar-refractivity contribution in [1.82, 2.24) is 10.3 Å². The summed E-state index contributed by atoms with van der Waals surface area (Å²) in [5, 5.41) is 4.91. The van der Waals surface area contributed by atoms with Crippen LogP contribution >= 0.6 is 0 Å². The lowest BCUT2D eigenvalue weighted by Gasteiger charge is -2.46. The minimum Gasteiger partial charge on any atom is -0.466 e. The first kappa shape index (κ1) is 14.8. The third kappa shape index (κ3) is 2.12. The normalized spacial score (nSPS) is 22.4. The Morgan fingerprint density at radius 1 is 1.39 bits per heavy atom. The summed E-state index contributed by atoms with van der Waals surface area (Å²) in [5.41, 5.74) is 4.64. The lowest BCUT2D eigenvalue weighted by Crippen LogP contribution is -2.51. The molecule has 23 heavy (non-hydrogen) atoms. The highest BCUT2D eigenvalue weighted by Crippen LogP contribution is 2.53. The average Bonchev–Trinajstić information content (AvgIpc) is 2.85. The number of ether oxygens (including phenoxy) is 1. The molecular formula is C19H24N2O2. The van der Waals surface area contributed by atoms with E-state index in [0.29, 0.717) is 6.61 Å². The zero-order valence-electron chi connectivity index (χ0n) is 13.9. The van der Waals surface area contributed by atoms with Crippen LogP contribution in [0.5, 0.6) is 0 Å². The van der Waals surface area contributed by atoms with Crippen LogP contribution in [-0.4, -0.2) is 24.1 Å². The quantitative estimate of drug-likeness (QED) is 0.854. The predicted molar refractivity (Wildman–Crippen MR) is 90.4 cm³/mol. The molecule has 4 rings (SSSR count). The van der Waals surface area contributed by atoms with Gasteiger partial charge in [-0.1, -0.05) is 18.1 Å². The molecule has 1 fully saturated rings. The van der Waals surface area contributed by atoms with Gasteiger partial charge in [-0.2, -0.15) is 0 Å². The largest absolute Gasteiger partial charge is 0.466 e. The van der Waals surface area contributed by atoms with Crippen LogP contribution in [-0.2, 0) is 16.0 Å². The van der Waals surface area contributed by atoms with Crippen molar-refractivity contribution in [3.05, 3.63) is 35.0 Å². The van der Waals surface area contributed by atoms with E-state index in [1.807, 2.05) is 6.92 Å². The summed E-state index contributed by atoms with van der Waals surface area (Å²) in [6.07, 6.45) is 3.94. The Morgan fingerprint density at radius 3 is 2.91 bits per heavy atom. The van der Waals surface area contributed by atoms with Crippen molar-refractivity contribution in [3.8, 4) is 0 Å². The summed E-state index contributed by atoms with van der Waals surface area (Å²) in [6, 6.07) is 6.59. The number of hydrogen-bond donors (Lipinski definition) is 2. The van der Waals surface area contributed by atoms with Crippen molar-refractivity contribution in [3.63, 3.8) is 0 Å². The Morgan fingerprint density at radius 2 is 2.22 bits per heavy atom. The highest BCUT2D eigenvalue weighted by Gasteiger charge is 2.53. The summed E-state index contributed by atoms with van der Waals surface area (Å²) >= 11 is 0. The summed E-state index contributed by atoms with van der Waals surface area (Å²) in [7, 11) is 0. The number of carbonyl (C=O) groups is 1. The van der Waals surface area contributed by atoms with E-state index in [1.54, 1.807) is 0 Å². The number of rotatable bonds is 3. The molecule has 1 atom stereocenters. The summed E-state index contributed by atoms with van der Waals surface area (Å²) in [4.78, 5) is 16.2. The Balaban J connectivity index is 1.81. The van der Waals surface area contributed by atoms with E-state index in [1.165, 1.54) is 27.7 Å². The Kier molecular flexibility index (Phi) is 3.45. The standard InChI is InChI=1S/C19H24N2O2/c1-3-23-18(22)19(8-4-9-19)17-16-13(7-10-20-17)14-11-12(2)5-6-15(14)21-16/h5-6,11,17,20-21H,3-4,7-10H2,1-2H3. The number of aryl methyl sites for hydroxylation is 1. The number of esters is 1. The van der Waals surface area contributed by atoms with Gasteiger partial charge in [-0.15, -0.1) is 0 Å². The van der Waals surface area contributed by atoms with Crippen molar-refractivity contribution >= 4 is 16.9 Å². The molecule has 2 heterocycles. The first-order chi connectivity index (χ1) is 11.2. The molecule has 0 saturated heterocycles. The number of benzene rings is 1. The molecule has 0 radical (unpaired) electrons. The van der Waals surface area contributed by atoms with E-state index >= 15 is 0 Å². The Bertz CT molecular complexity index is 758. The number of fused-ring (bicyclic) bond motifs is 3. The third-order valence-electron chi connectivity index (χ3n) is 5.59. The van der Waals surface area contributed by atoms with Crippen LogP contribution in [0.25, 0.3) is 10.9 Å². The Labute approximate surface area is 136 Å². The second-order valence-corrected chi connectivity index (χ2v) is 6.93. The summed E-state index contributed by atoms with van der Waals surface area (Å²) in [5.74, 6) is -0.0357. The third-order valence-corrected chi connectivity index (χ3v) is 5.59. The topological polar surface area (TPSA) is 54.1 Å². The number of carbonyl (C=O) groups excluding carboxylic acids is 1. The first-order valence-electron chi connectivity index (χ1n) is 8.67. The molecule has 2 aromatic rings. The van der Waals surface area contributed by atoms with Gasteiger partial charge in [0.2, 0.25) is 0 Å². The van der Waals surface area contributed by atoms with Crippen LogP contribution in [0.4, 0.5) is 0 Å². The van der Waals surface area contributed by atoms with Gasteiger partial charge in [0.1, 0.15) is 0 Å². The van der Waals surface area contributed by atoms with Crippen molar-refractivity contribution in [2.75, 3.05) is 13.2 Å². The van der Waals surface area contributed by atoms with Gasteiger partial charge in [0, 0.05) is 16.6 Å². The molecule has 1 saturated carbocycles. The van der Waals surface area contributed by atoms with Gasteiger partial charge < -0.3 is 15.0 Å². The van der Waals surface area contributed by atoms with E-state index in [2.05, 4.69) is 35.4 Å². The maximum Gasteiger partial charge on any atom is 0.314 e. The minimum atomic E-state index is -0.388. The van der Waals surface area contributed by atoms with E-state index in [4.69, 9.17) is 4.74 Å². The molecule has 1 unspecified atom stereocenters. The van der Waals surface area contributed by atoms with Crippen molar-refractivity contribution in [2.24, 2.45) is 5.41 Å². The van der Waals surface area contributed by atoms with E-state index in [-0.39, 0.29) is 17.4 Å². The molecular weight excluding hydrogens is 288 g/mol. The van der Waals surface area contributed by atoms with Gasteiger partial charge in [0.25, 0.3) is 0 Å². The SMILES string of the molecule is CCOC(=O)C1(C2NCCc3c2[nH]c2ccc(C)cc32)CCC1. The molecule has 2 N–H and O–H groups in total. The molecule has 1 aromatic heterocycles. The van der Waals surface area contributed by atoms with Crippen molar-refractivity contribution in [1.29, 1.82) is 0 Å². The molecule has 2 aliphatic rings. The van der Waals surface area contributed by atoms with Crippen LogP contribution in [0.15, 0.2) is 18.2 Å². The molecule has 4 nitrogen and oxygen atoms in total. The summed E-state index contributed by atoms with van der Waals surface area (Å²) in [6.45, 7) is 5.38. The zero-order chi connectivity index (χ0) is 16.0. The van der Waals surface area contributed by atoms with Crippen molar-refractivity contribution in [2.45, 2.75) is 45.6 Å². The second kappa shape index (κ2) is 5.38. The lowest BCUT2D eigenvalue weighted by molar-refractivity contribution is -0.164. The smallest absolute Gasteiger partial charge is 0.314 e. The van der Waals surface area contributed by atoms with Gasteiger partial charge in [0.15, 0.2) is 0 Å². The Hall–Kier alpha value is -1.81. The number of aromatic nitrogens is 1. The maximum absolute atomic E-state index is 12.6. The second-order valence-electron chi connectivity index (χ2n) is 6.93. The molecule has 4 heteroatoms. The van der Waals surface area contributed by atoms with Gasteiger partial charge >= 0.3 is 5.97 Å².